The molecule has 0 amide bonds. The lowest BCUT2D eigenvalue weighted by atomic mass is 10.1. The van der Waals surface area contributed by atoms with Crippen LogP contribution in [0.2, 0.25) is 0 Å². The van der Waals surface area contributed by atoms with Crippen molar-refractivity contribution in [2.24, 2.45) is 0 Å². The van der Waals surface area contributed by atoms with Gasteiger partial charge < -0.3 is 19.3 Å². The van der Waals surface area contributed by atoms with E-state index in [1.807, 2.05) is 0 Å². The molecule has 1 atom stereocenters. The second-order valence-electron chi connectivity index (χ2n) is 5.31. The molecule has 0 radical (unpaired) electrons. The first kappa shape index (κ1) is 21.4. The SMILES string of the molecule is CCCCCCCC(=O)OCC(COC)OC(=O)CCC(=O)O. The van der Waals surface area contributed by atoms with Gasteiger partial charge in [0, 0.05) is 13.5 Å². The zero-order chi connectivity index (χ0) is 17.5. The van der Waals surface area contributed by atoms with Crippen LogP contribution in [-0.2, 0) is 28.6 Å². The van der Waals surface area contributed by atoms with Gasteiger partial charge in [-0.1, -0.05) is 32.6 Å². The molecule has 0 aromatic carbocycles. The van der Waals surface area contributed by atoms with Gasteiger partial charge in [-0.05, 0) is 6.42 Å². The van der Waals surface area contributed by atoms with Gasteiger partial charge in [0.05, 0.1) is 19.4 Å². The number of ether oxygens (including phenoxy) is 3. The molecule has 134 valence electrons. The summed E-state index contributed by atoms with van der Waals surface area (Å²) in [6.07, 6.45) is 4.31. The van der Waals surface area contributed by atoms with E-state index in [-0.39, 0.29) is 32.0 Å². The van der Waals surface area contributed by atoms with Gasteiger partial charge in [0.1, 0.15) is 6.61 Å². The van der Waals surface area contributed by atoms with Gasteiger partial charge >= 0.3 is 17.9 Å². The Morgan fingerprint density at radius 3 is 2.22 bits per heavy atom. The van der Waals surface area contributed by atoms with Crippen molar-refractivity contribution in [3.8, 4) is 0 Å². The molecule has 0 saturated heterocycles. The van der Waals surface area contributed by atoms with Gasteiger partial charge in [0.15, 0.2) is 6.10 Å². The van der Waals surface area contributed by atoms with Crippen LogP contribution in [0.25, 0.3) is 0 Å². The van der Waals surface area contributed by atoms with Crippen LogP contribution in [0.1, 0.15) is 58.3 Å². The number of carbonyl (C=O) groups excluding carboxylic acids is 2. The molecule has 0 aliphatic carbocycles. The second-order valence-corrected chi connectivity index (χ2v) is 5.31. The van der Waals surface area contributed by atoms with Crippen molar-refractivity contribution in [2.45, 2.75) is 64.4 Å². The van der Waals surface area contributed by atoms with Crippen molar-refractivity contribution in [3.05, 3.63) is 0 Å². The summed E-state index contributed by atoms with van der Waals surface area (Å²) in [6, 6.07) is 0. The monoisotopic (exact) mass is 332 g/mol. The Balaban J connectivity index is 3.95. The predicted octanol–water partition coefficient (Wildman–Crippen LogP) is 2.31. The van der Waals surface area contributed by atoms with E-state index < -0.39 is 18.0 Å². The molecule has 0 saturated carbocycles. The van der Waals surface area contributed by atoms with Crippen LogP contribution < -0.4 is 0 Å². The van der Waals surface area contributed by atoms with E-state index in [1.54, 1.807) is 0 Å². The van der Waals surface area contributed by atoms with Crippen molar-refractivity contribution < 1.29 is 33.7 Å². The van der Waals surface area contributed by atoms with Crippen LogP contribution in [0.4, 0.5) is 0 Å². The largest absolute Gasteiger partial charge is 0.481 e. The first-order chi connectivity index (χ1) is 11.0. The fourth-order valence-electron chi connectivity index (χ4n) is 1.89. The third-order valence-electron chi connectivity index (χ3n) is 3.11. The molecule has 7 heteroatoms. The topological polar surface area (TPSA) is 99.1 Å². The lowest BCUT2D eigenvalue weighted by Gasteiger charge is -2.17. The zero-order valence-electron chi connectivity index (χ0n) is 14.0. The molecule has 7 nitrogen and oxygen atoms in total. The third kappa shape index (κ3) is 13.7. The summed E-state index contributed by atoms with van der Waals surface area (Å²) in [7, 11) is 1.44. The number of methoxy groups -OCH3 is 1. The smallest absolute Gasteiger partial charge is 0.306 e. The average Bonchev–Trinajstić information content (AvgIpc) is 2.50. The van der Waals surface area contributed by atoms with Crippen molar-refractivity contribution in [1.82, 2.24) is 0 Å². The Kier molecular flexibility index (Phi) is 13.0. The number of carbonyl (C=O) groups is 3. The standard InChI is InChI=1S/C16H28O7/c1-3-4-5-6-7-8-15(19)22-12-13(11-21-2)23-16(20)10-9-14(17)18/h13H,3-12H2,1-2H3,(H,17,18). The maximum Gasteiger partial charge on any atom is 0.306 e. The Labute approximate surface area is 137 Å². The summed E-state index contributed by atoms with van der Waals surface area (Å²) >= 11 is 0. The molecule has 0 spiro atoms. The molecule has 1 unspecified atom stereocenters. The zero-order valence-corrected chi connectivity index (χ0v) is 14.0. The fourth-order valence-corrected chi connectivity index (χ4v) is 1.89. The second kappa shape index (κ2) is 14.0. The molecule has 0 bridgehead atoms. The minimum Gasteiger partial charge on any atom is -0.481 e. The maximum atomic E-state index is 11.6. The Morgan fingerprint density at radius 1 is 0.913 bits per heavy atom. The van der Waals surface area contributed by atoms with Crippen LogP contribution in [0.3, 0.4) is 0 Å². The number of rotatable bonds is 14. The molecule has 0 heterocycles. The summed E-state index contributed by atoms with van der Waals surface area (Å²) < 4.78 is 15.0. The van der Waals surface area contributed by atoms with Gasteiger partial charge in [-0.2, -0.15) is 0 Å². The number of carboxylic acids is 1. The molecule has 23 heavy (non-hydrogen) atoms. The summed E-state index contributed by atoms with van der Waals surface area (Å²) in [4.78, 5) is 33.5. The molecule has 0 aliphatic rings. The summed E-state index contributed by atoms with van der Waals surface area (Å²) in [5, 5.41) is 8.51. The maximum absolute atomic E-state index is 11.6. The van der Waals surface area contributed by atoms with E-state index in [4.69, 9.17) is 19.3 Å². The summed E-state index contributed by atoms with van der Waals surface area (Å²) in [6.45, 7) is 2.13. The number of esters is 2. The quantitative estimate of drug-likeness (QED) is 0.385. The third-order valence-corrected chi connectivity index (χ3v) is 3.11. The first-order valence-electron chi connectivity index (χ1n) is 8.05. The van der Waals surface area contributed by atoms with E-state index in [0.29, 0.717) is 6.42 Å². The van der Waals surface area contributed by atoms with Gasteiger partial charge in [0.25, 0.3) is 0 Å². The highest BCUT2D eigenvalue weighted by Gasteiger charge is 2.17. The number of carboxylic acid groups (broad SMARTS) is 1. The Hall–Kier alpha value is -1.63. The van der Waals surface area contributed by atoms with Crippen LogP contribution in [-0.4, -0.2) is 49.4 Å². The van der Waals surface area contributed by atoms with Crippen molar-refractivity contribution >= 4 is 17.9 Å². The van der Waals surface area contributed by atoms with E-state index in [9.17, 15) is 14.4 Å². The van der Waals surface area contributed by atoms with Crippen LogP contribution >= 0.6 is 0 Å². The van der Waals surface area contributed by atoms with E-state index in [0.717, 1.165) is 32.1 Å². The highest BCUT2D eigenvalue weighted by molar-refractivity contribution is 5.76. The van der Waals surface area contributed by atoms with E-state index in [2.05, 4.69) is 6.92 Å². The Morgan fingerprint density at radius 2 is 1.61 bits per heavy atom. The van der Waals surface area contributed by atoms with Crippen LogP contribution in [0.5, 0.6) is 0 Å². The number of hydrogen-bond acceptors (Lipinski definition) is 6. The predicted molar refractivity (Wildman–Crippen MR) is 83.0 cm³/mol. The van der Waals surface area contributed by atoms with Crippen molar-refractivity contribution in [2.75, 3.05) is 20.3 Å². The molecule has 0 aromatic rings. The van der Waals surface area contributed by atoms with E-state index in [1.165, 1.54) is 7.11 Å². The number of hydrogen-bond donors (Lipinski definition) is 1. The summed E-state index contributed by atoms with van der Waals surface area (Å²) in [5.41, 5.74) is 0. The fraction of sp³-hybridized carbons (Fsp3) is 0.812. The molecular formula is C16H28O7. The molecule has 0 fully saturated rings. The molecule has 0 rings (SSSR count). The molecule has 1 N–H and O–H groups in total. The average molecular weight is 332 g/mol. The van der Waals surface area contributed by atoms with Gasteiger partial charge in [-0.15, -0.1) is 0 Å². The Bertz CT molecular complexity index is 354. The van der Waals surface area contributed by atoms with Gasteiger partial charge in [-0.3, -0.25) is 14.4 Å². The van der Waals surface area contributed by atoms with Crippen LogP contribution in [0.15, 0.2) is 0 Å². The minimum absolute atomic E-state index is 0.0829. The number of unbranched alkanes of at least 4 members (excludes halogenated alkanes) is 4. The molecular weight excluding hydrogens is 304 g/mol. The van der Waals surface area contributed by atoms with Crippen molar-refractivity contribution in [3.63, 3.8) is 0 Å². The minimum atomic E-state index is -1.07. The van der Waals surface area contributed by atoms with Crippen molar-refractivity contribution in [1.29, 1.82) is 0 Å². The highest BCUT2D eigenvalue weighted by atomic mass is 16.6. The van der Waals surface area contributed by atoms with Gasteiger partial charge in [-0.25, -0.2) is 0 Å². The summed E-state index contributed by atoms with van der Waals surface area (Å²) in [5.74, 6) is -2.05. The molecule has 0 aliphatic heterocycles. The van der Waals surface area contributed by atoms with Crippen LogP contribution in [0, 0.1) is 0 Å². The molecule has 0 aromatic heterocycles. The van der Waals surface area contributed by atoms with E-state index >= 15 is 0 Å². The normalized spacial score (nSPS) is 11.7. The first-order valence-corrected chi connectivity index (χ1v) is 8.05. The lowest BCUT2D eigenvalue weighted by molar-refractivity contribution is -0.163. The number of aliphatic carboxylic acids is 1. The highest BCUT2D eigenvalue weighted by Crippen LogP contribution is 2.07. The lowest BCUT2D eigenvalue weighted by Crippen LogP contribution is -2.29. The van der Waals surface area contributed by atoms with Gasteiger partial charge in [0.2, 0.25) is 0 Å².